The number of piperidine rings is 1. The van der Waals surface area contributed by atoms with E-state index >= 15 is 0 Å². The molecular weight excluding hydrogens is 382 g/mol. The molecule has 7 heteroatoms. The first-order chi connectivity index (χ1) is 13.0. The predicted octanol–water partition coefficient (Wildman–Crippen LogP) is 4.09. The second-order valence-corrected chi connectivity index (χ2v) is 8.39. The largest absolute Gasteiger partial charge is 0.350 e. The molecule has 0 aliphatic carbocycles. The number of aromatic nitrogens is 1. The van der Waals surface area contributed by atoms with E-state index in [2.05, 4.69) is 10.3 Å². The van der Waals surface area contributed by atoms with Gasteiger partial charge in [0.05, 0.1) is 27.8 Å². The third kappa shape index (κ3) is 4.87. The zero-order chi connectivity index (χ0) is 19.4. The third-order valence-corrected chi connectivity index (χ3v) is 6.16. The molecule has 1 fully saturated rings. The van der Waals surface area contributed by atoms with Crippen LogP contribution in [0, 0.1) is 5.92 Å². The number of hydrogen-bond donors (Lipinski definition) is 1. The Hall–Kier alpha value is -1.92. The van der Waals surface area contributed by atoms with Crippen molar-refractivity contribution < 1.29 is 9.59 Å². The highest BCUT2D eigenvalue weighted by Gasteiger charge is 2.27. The SMILES string of the molecule is CC(C)C(=O)NCc1csc(C2CCN(C(=O)c3ccccc3Cl)CC2)n1. The van der Waals surface area contributed by atoms with Gasteiger partial charge in [-0.15, -0.1) is 11.3 Å². The minimum absolute atomic E-state index is 0.00437. The summed E-state index contributed by atoms with van der Waals surface area (Å²) in [6, 6.07) is 7.18. The van der Waals surface area contributed by atoms with E-state index in [4.69, 9.17) is 11.6 Å². The van der Waals surface area contributed by atoms with Crippen LogP contribution in [0.4, 0.5) is 0 Å². The van der Waals surface area contributed by atoms with Gasteiger partial charge in [-0.1, -0.05) is 37.6 Å². The van der Waals surface area contributed by atoms with Crippen LogP contribution < -0.4 is 5.32 Å². The molecule has 1 N–H and O–H groups in total. The lowest BCUT2D eigenvalue weighted by atomic mass is 9.97. The first-order valence-electron chi connectivity index (χ1n) is 9.21. The van der Waals surface area contributed by atoms with Gasteiger partial charge >= 0.3 is 0 Å². The van der Waals surface area contributed by atoms with Crippen molar-refractivity contribution in [2.24, 2.45) is 5.92 Å². The summed E-state index contributed by atoms with van der Waals surface area (Å²) >= 11 is 7.79. The molecule has 1 aliphatic rings. The second-order valence-electron chi connectivity index (χ2n) is 7.10. The quantitative estimate of drug-likeness (QED) is 0.814. The summed E-state index contributed by atoms with van der Waals surface area (Å²) in [5.74, 6) is 0.370. The topological polar surface area (TPSA) is 62.3 Å². The van der Waals surface area contributed by atoms with E-state index in [1.165, 1.54) is 0 Å². The fourth-order valence-electron chi connectivity index (χ4n) is 3.11. The fourth-order valence-corrected chi connectivity index (χ4v) is 4.32. The van der Waals surface area contributed by atoms with Gasteiger partial charge in [0.1, 0.15) is 0 Å². The molecule has 0 atom stereocenters. The number of nitrogens with one attached hydrogen (secondary N) is 1. The summed E-state index contributed by atoms with van der Waals surface area (Å²) in [5.41, 5.74) is 1.47. The predicted molar refractivity (Wildman–Crippen MR) is 108 cm³/mol. The number of likely N-dealkylation sites (tertiary alicyclic amines) is 1. The van der Waals surface area contributed by atoms with Crippen molar-refractivity contribution >= 4 is 34.8 Å². The normalized spacial score (nSPS) is 15.2. The standard InChI is InChI=1S/C20H24ClN3O2S/c1-13(2)18(25)22-11-15-12-27-19(23-15)14-7-9-24(10-8-14)20(26)16-5-3-4-6-17(16)21/h3-6,12-14H,7-11H2,1-2H3,(H,22,25). The number of carbonyl (C=O) groups is 2. The molecule has 27 heavy (non-hydrogen) atoms. The zero-order valence-corrected chi connectivity index (χ0v) is 17.1. The van der Waals surface area contributed by atoms with E-state index in [0.717, 1.165) is 23.5 Å². The molecule has 1 saturated heterocycles. The van der Waals surface area contributed by atoms with Crippen LogP contribution in [0.1, 0.15) is 53.7 Å². The lowest BCUT2D eigenvalue weighted by Gasteiger charge is -2.31. The van der Waals surface area contributed by atoms with Crippen LogP contribution in [0.25, 0.3) is 0 Å². The minimum Gasteiger partial charge on any atom is -0.350 e. The van der Waals surface area contributed by atoms with Crippen LogP contribution in [0.5, 0.6) is 0 Å². The number of carbonyl (C=O) groups excluding carboxylic acids is 2. The molecule has 5 nitrogen and oxygen atoms in total. The van der Waals surface area contributed by atoms with E-state index in [1.807, 2.05) is 36.3 Å². The van der Waals surface area contributed by atoms with Gasteiger partial charge < -0.3 is 10.2 Å². The summed E-state index contributed by atoms with van der Waals surface area (Å²) < 4.78 is 0. The van der Waals surface area contributed by atoms with E-state index in [-0.39, 0.29) is 17.7 Å². The second kappa shape index (κ2) is 8.85. The van der Waals surface area contributed by atoms with Gasteiger partial charge in [-0.25, -0.2) is 4.98 Å². The summed E-state index contributed by atoms with van der Waals surface area (Å²) in [5, 5.41) is 6.50. The Morgan fingerprint density at radius 3 is 2.67 bits per heavy atom. The first kappa shape index (κ1) is 19.8. The maximum absolute atomic E-state index is 12.7. The van der Waals surface area contributed by atoms with Gasteiger partial charge in [-0.05, 0) is 25.0 Å². The van der Waals surface area contributed by atoms with Gasteiger partial charge in [0.25, 0.3) is 5.91 Å². The smallest absolute Gasteiger partial charge is 0.255 e. The summed E-state index contributed by atoms with van der Waals surface area (Å²) in [6.45, 7) is 5.62. The Labute approximate surface area is 168 Å². The molecule has 2 aromatic rings. The summed E-state index contributed by atoms with van der Waals surface area (Å²) in [4.78, 5) is 30.9. The molecule has 2 heterocycles. The first-order valence-corrected chi connectivity index (χ1v) is 10.5. The number of hydrogen-bond acceptors (Lipinski definition) is 4. The van der Waals surface area contributed by atoms with Crippen molar-refractivity contribution in [3.05, 3.63) is 50.9 Å². The summed E-state index contributed by atoms with van der Waals surface area (Å²) in [7, 11) is 0. The Kier molecular flexibility index (Phi) is 6.50. The van der Waals surface area contributed by atoms with E-state index in [9.17, 15) is 9.59 Å². The molecule has 0 unspecified atom stereocenters. The van der Waals surface area contributed by atoms with Crippen molar-refractivity contribution in [2.45, 2.75) is 39.2 Å². The molecule has 1 aromatic carbocycles. The van der Waals surface area contributed by atoms with Crippen molar-refractivity contribution in [2.75, 3.05) is 13.1 Å². The van der Waals surface area contributed by atoms with Crippen molar-refractivity contribution in [1.29, 1.82) is 0 Å². The molecule has 0 spiro atoms. The van der Waals surface area contributed by atoms with Gasteiger partial charge in [0, 0.05) is 30.3 Å². The Morgan fingerprint density at radius 2 is 2.00 bits per heavy atom. The Morgan fingerprint density at radius 1 is 1.30 bits per heavy atom. The van der Waals surface area contributed by atoms with Crippen molar-refractivity contribution in [1.82, 2.24) is 15.2 Å². The number of nitrogens with zero attached hydrogens (tertiary/aromatic N) is 2. The Balaban J connectivity index is 1.54. The van der Waals surface area contributed by atoms with E-state index in [1.54, 1.807) is 23.5 Å². The van der Waals surface area contributed by atoms with Gasteiger partial charge in [0.2, 0.25) is 5.91 Å². The summed E-state index contributed by atoms with van der Waals surface area (Å²) in [6.07, 6.45) is 1.78. The molecule has 1 aromatic heterocycles. The maximum Gasteiger partial charge on any atom is 0.255 e. The monoisotopic (exact) mass is 405 g/mol. The minimum atomic E-state index is -0.0249. The molecule has 1 aliphatic heterocycles. The van der Waals surface area contributed by atoms with Crippen LogP contribution in [0.15, 0.2) is 29.6 Å². The number of rotatable bonds is 5. The highest BCUT2D eigenvalue weighted by Crippen LogP contribution is 2.31. The van der Waals surface area contributed by atoms with Crippen LogP contribution in [0.3, 0.4) is 0 Å². The number of benzene rings is 1. The van der Waals surface area contributed by atoms with E-state index < -0.39 is 0 Å². The van der Waals surface area contributed by atoms with Crippen LogP contribution in [0.2, 0.25) is 5.02 Å². The lowest BCUT2D eigenvalue weighted by Crippen LogP contribution is -2.38. The highest BCUT2D eigenvalue weighted by molar-refractivity contribution is 7.09. The van der Waals surface area contributed by atoms with Gasteiger partial charge in [-0.2, -0.15) is 0 Å². The zero-order valence-electron chi connectivity index (χ0n) is 15.6. The van der Waals surface area contributed by atoms with Crippen molar-refractivity contribution in [3.63, 3.8) is 0 Å². The fraction of sp³-hybridized carbons (Fsp3) is 0.450. The van der Waals surface area contributed by atoms with Gasteiger partial charge in [0.15, 0.2) is 0 Å². The lowest BCUT2D eigenvalue weighted by molar-refractivity contribution is -0.124. The van der Waals surface area contributed by atoms with Gasteiger partial charge in [-0.3, -0.25) is 9.59 Å². The average Bonchev–Trinajstić information content (AvgIpc) is 3.15. The van der Waals surface area contributed by atoms with E-state index in [0.29, 0.717) is 36.1 Å². The maximum atomic E-state index is 12.7. The van der Waals surface area contributed by atoms with Crippen LogP contribution in [-0.4, -0.2) is 34.8 Å². The molecular formula is C20H24ClN3O2S. The van der Waals surface area contributed by atoms with Crippen LogP contribution >= 0.6 is 22.9 Å². The molecule has 2 amide bonds. The van der Waals surface area contributed by atoms with Crippen molar-refractivity contribution in [3.8, 4) is 0 Å². The number of amides is 2. The third-order valence-electron chi connectivity index (χ3n) is 4.77. The molecule has 144 valence electrons. The molecule has 0 radical (unpaired) electrons. The number of thiazole rings is 1. The molecule has 3 rings (SSSR count). The number of halogens is 1. The average molecular weight is 406 g/mol. The Bertz CT molecular complexity index is 813. The van der Waals surface area contributed by atoms with Crippen LogP contribution in [-0.2, 0) is 11.3 Å². The highest BCUT2D eigenvalue weighted by atomic mass is 35.5. The molecule has 0 bridgehead atoms. The molecule has 0 saturated carbocycles.